The molecule has 0 aromatic heterocycles. The molecule has 13 heavy (non-hydrogen) atoms. The number of hydrogen-bond acceptors (Lipinski definition) is 3. The van der Waals surface area contributed by atoms with Crippen molar-refractivity contribution in [1.82, 2.24) is 0 Å². The lowest BCUT2D eigenvalue weighted by Gasteiger charge is -2.11. The number of carboxylic acid groups (broad SMARTS) is 1. The van der Waals surface area contributed by atoms with E-state index in [4.69, 9.17) is 16.6 Å². The van der Waals surface area contributed by atoms with Gasteiger partial charge in [0, 0.05) is 5.69 Å². The molecule has 0 saturated carbocycles. The van der Waals surface area contributed by atoms with Gasteiger partial charge in [0.05, 0.1) is 0 Å². The van der Waals surface area contributed by atoms with E-state index in [2.05, 4.69) is 0 Å². The SMILES string of the molecule is Cc1c(N)cccc1[C@H](N)C(=O)O. The zero-order valence-corrected chi connectivity index (χ0v) is 7.32. The second-order valence-corrected chi connectivity index (χ2v) is 2.88. The van der Waals surface area contributed by atoms with Crippen LogP contribution in [0.3, 0.4) is 0 Å². The van der Waals surface area contributed by atoms with Gasteiger partial charge in [0.15, 0.2) is 0 Å². The predicted octanol–water partition coefficient (Wildman–Crippen LogP) is 0.662. The van der Waals surface area contributed by atoms with Gasteiger partial charge in [-0.05, 0) is 24.1 Å². The van der Waals surface area contributed by atoms with Gasteiger partial charge in [0.1, 0.15) is 6.04 Å². The van der Waals surface area contributed by atoms with Crippen LogP contribution in [-0.2, 0) is 4.79 Å². The highest BCUT2D eigenvalue weighted by atomic mass is 16.4. The lowest BCUT2D eigenvalue weighted by Crippen LogP contribution is -2.21. The van der Waals surface area contributed by atoms with E-state index in [-0.39, 0.29) is 0 Å². The third kappa shape index (κ3) is 1.78. The van der Waals surface area contributed by atoms with E-state index in [1.807, 2.05) is 0 Å². The van der Waals surface area contributed by atoms with Gasteiger partial charge < -0.3 is 16.6 Å². The summed E-state index contributed by atoms with van der Waals surface area (Å²) < 4.78 is 0. The summed E-state index contributed by atoms with van der Waals surface area (Å²) >= 11 is 0. The summed E-state index contributed by atoms with van der Waals surface area (Å²) in [4.78, 5) is 10.6. The number of carboxylic acids is 1. The van der Waals surface area contributed by atoms with Crippen LogP contribution in [0.4, 0.5) is 5.69 Å². The molecule has 0 spiro atoms. The summed E-state index contributed by atoms with van der Waals surface area (Å²) in [5.74, 6) is -1.05. The Labute approximate surface area is 76.2 Å². The second-order valence-electron chi connectivity index (χ2n) is 2.88. The average molecular weight is 180 g/mol. The van der Waals surface area contributed by atoms with Crippen molar-refractivity contribution in [3.8, 4) is 0 Å². The number of carbonyl (C=O) groups is 1. The minimum atomic E-state index is -1.05. The van der Waals surface area contributed by atoms with Gasteiger partial charge in [-0.3, -0.25) is 4.79 Å². The van der Waals surface area contributed by atoms with E-state index in [1.165, 1.54) is 0 Å². The average Bonchev–Trinajstić information content (AvgIpc) is 2.08. The highest BCUT2D eigenvalue weighted by Gasteiger charge is 2.16. The number of hydrogen-bond donors (Lipinski definition) is 3. The minimum absolute atomic E-state index is 0.563. The van der Waals surface area contributed by atoms with Crippen LogP contribution in [0, 0.1) is 6.92 Å². The standard InChI is InChI=1S/C9H12N2O2/c1-5-6(8(11)9(12)13)3-2-4-7(5)10/h2-4,8H,10-11H2,1H3,(H,12,13)/t8-/m0/s1. The molecule has 0 aliphatic carbocycles. The Balaban J connectivity index is 3.15. The summed E-state index contributed by atoms with van der Waals surface area (Å²) in [6.07, 6.45) is 0. The van der Waals surface area contributed by atoms with Crippen LogP contribution in [0.2, 0.25) is 0 Å². The van der Waals surface area contributed by atoms with Gasteiger partial charge in [-0.1, -0.05) is 12.1 Å². The van der Waals surface area contributed by atoms with Crippen LogP contribution < -0.4 is 11.5 Å². The van der Waals surface area contributed by atoms with E-state index >= 15 is 0 Å². The first-order valence-corrected chi connectivity index (χ1v) is 3.87. The molecular weight excluding hydrogens is 168 g/mol. The Kier molecular flexibility index (Phi) is 2.53. The first-order chi connectivity index (χ1) is 6.04. The molecule has 4 heteroatoms. The molecular formula is C9H12N2O2. The van der Waals surface area contributed by atoms with Crippen LogP contribution in [0.1, 0.15) is 17.2 Å². The van der Waals surface area contributed by atoms with Crippen LogP contribution in [0.15, 0.2) is 18.2 Å². The van der Waals surface area contributed by atoms with Crippen molar-refractivity contribution in [2.24, 2.45) is 5.73 Å². The fourth-order valence-corrected chi connectivity index (χ4v) is 1.14. The molecule has 70 valence electrons. The van der Waals surface area contributed by atoms with Gasteiger partial charge in [-0.15, -0.1) is 0 Å². The normalized spacial score (nSPS) is 12.5. The lowest BCUT2D eigenvalue weighted by atomic mass is 10.0. The smallest absolute Gasteiger partial charge is 0.325 e. The van der Waals surface area contributed by atoms with Gasteiger partial charge >= 0.3 is 5.97 Å². The van der Waals surface area contributed by atoms with Gasteiger partial charge in [-0.25, -0.2) is 0 Å². The van der Waals surface area contributed by atoms with E-state index in [0.29, 0.717) is 11.3 Å². The molecule has 0 heterocycles. The number of nitrogen functional groups attached to an aromatic ring is 1. The number of rotatable bonds is 2. The molecule has 0 aliphatic rings. The monoisotopic (exact) mass is 180 g/mol. The van der Waals surface area contributed by atoms with E-state index < -0.39 is 12.0 Å². The summed E-state index contributed by atoms with van der Waals surface area (Å²) in [5.41, 5.74) is 12.9. The highest BCUT2D eigenvalue weighted by Crippen LogP contribution is 2.20. The molecule has 0 bridgehead atoms. The molecule has 0 fully saturated rings. The summed E-state index contributed by atoms with van der Waals surface area (Å²) in [5, 5.41) is 8.68. The zero-order chi connectivity index (χ0) is 10.0. The Bertz CT molecular complexity index is 336. The van der Waals surface area contributed by atoms with Crippen LogP contribution >= 0.6 is 0 Å². The molecule has 4 nitrogen and oxygen atoms in total. The maximum absolute atomic E-state index is 10.6. The largest absolute Gasteiger partial charge is 0.480 e. The number of anilines is 1. The van der Waals surface area contributed by atoms with Crippen LogP contribution in [0.25, 0.3) is 0 Å². The van der Waals surface area contributed by atoms with E-state index in [0.717, 1.165) is 5.56 Å². The molecule has 1 rings (SSSR count). The Morgan fingerprint density at radius 1 is 1.54 bits per heavy atom. The second kappa shape index (κ2) is 3.45. The Morgan fingerprint density at radius 2 is 2.15 bits per heavy atom. The predicted molar refractivity (Wildman–Crippen MR) is 50.2 cm³/mol. The van der Waals surface area contributed by atoms with Crippen molar-refractivity contribution >= 4 is 11.7 Å². The third-order valence-electron chi connectivity index (χ3n) is 2.02. The first kappa shape index (κ1) is 9.54. The maximum Gasteiger partial charge on any atom is 0.325 e. The molecule has 0 unspecified atom stereocenters. The van der Waals surface area contributed by atoms with Gasteiger partial charge in [0.25, 0.3) is 0 Å². The quantitative estimate of drug-likeness (QED) is 0.583. The van der Waals surface area contributed by atoms with Crippen LogP contribution in [0.5, 0.6) is 0 Å². The van der Waals surface area contributed by atoms with Crippen molar-refractivity contribution in [3.05, 3.63) is 29.3 Å². The first-order valence-electron chi connectivity index (χ1n) is 3.87. The highest BCUT2D eigenvalue weighted by molar-refractivity contribution is 5.76. The maximum atomic E-state index is 10.6. The Hall–Kier alpha value is -1.55. The summed E-state index contributed by atoms with van der Waals surface area (Å²) in [6, 6.07) is 4.08. The third-order valence-corrected chi connectivity index (χ3v) is 2.02. The van der Waals surface area contributed by atoms with Crippen molar-refractivity contribution < 1.29 is 9.90 Å². The molecule has 0 saturated heterocycles. The molecule has 0 aliphatic heterocycles. The minimum Gasteiger partial charge on any atom is -0.480 e. The van der Waals surface area contributed by atoms with Crippen LogP contribution in [-0.4, -0.2) is 11.1 Å². The summed E-state index contributed by atoms with van der Waals surface area (Å²) in [6.45, 7) is 1.76. The number of aliphatic carboxylic acids is 1. The molecule has 5 N–H and O–H groups in total. The van der Waals surface area contributed by atoms with Crippen molar-refractivity contribution in [2.75, 3.05) is 5.73 Å². The topological polar surface area (TPSA) is 89.3 Å². The van der Waals surface area contributed by atoms with Gasteiger partial charge in [-0.2, -0.15) is 0 Å². The number of nitrogens with two attached hydrogens (primary N) is 2. The van der Waals surface area contributed by atoms with Gasteiger partial charge in [0.2, 0.25) is 0 Å². The molecule has 0 radical (unpaired) electrons. The van der Waals surface area contributed by atoms with Crippen molar-refractivity contribution in [1.29, 1.82) is 0 Å². The lowest BCUT2D eigenvalue weighted by molar-refractivity contribution is -0.138. The van der Waals surface area contributed by atoms with Crippen molar-refractivity contribution in [3.63, 3.8) is 0 Å². The van der Waals surface area contributed by atoms with Crippen molar-refractivity contribution in [2.45, 2.75) is 13.0 Å². The molecule has 1 aromatic rings. The molecule has 0 amide bonds. The fourth-order valence-electron chi connectivity index (χ4n) is 1.14. The number of benzene rings is 1. The fraction of sp³-hybridized carbons (Fsp3) is 0.222. The zero-order valence-electron chi connectivity index (χ0n) is 7.32. The summed E-state index contributed by atoms with van der Waals surface area (Å²) in [7, 11) is 0. The van der Waals surface area contributed by atoms with E-state index in [1.54, 1.807) is 25.1 Å². The molecule has 1 aromatic carbocycles. The van der Waals surface area contributed by atoms with E-state index in [9.17, 15) is 4.79 Å². The Morgan fingerprint density at radius 3 is 2.69 bits per heavy atom. The molecule has 1 atom stereocenters.